The fraction of sp³-hybridized carbons (Fsp3) is 0.261. The minimum atomic E-state index is 0.0182. The maximum absolute atomic E-state index is 13.0. The number of hydrogen-bond acceptors (Lipinski definition) is 3. The van der Waals surface area contributed by atoms with Crippen molar-refractivity contribution >= 4 is 33.2 Å². The largest absolute Gasteiger partial charge is 0.375 e. The summed E-state index contributed by atoms with van der Waals surface area (Å²) < 4.78 is 1.08. The van der Waals surface area contributed by atoms with E-state index in [1.54, 1.807) is 11.3 Å². The van der Waals surface area contributed by atoms with Gasteiger partial charge in [-0.15, -0.1) is 11.3 Å². The SMILES string of the molecule is CN(CCC1(C)C=Cc2sc3ccccc3c(=O)c2C1)c1ccccc1. The van der Waals surface area contributed by atoms with Gasteiger partial charge in [-0.1, -0.05) is 43.3 Å². The van der Waals surface area contributed by atoms with Crippen LogP contribution >= 0.6 is 11.3 Å². The number of rotatable bonds is 4. The van der Waals surface area contributed by atoms with E-state index in [1.165, 1.54) is 5.69 Å². The highest BCUT2D eigenvalue weighted by Crippen LogP contribution is 2.37. The Kier molecular flexibility index (Phi) is 4.41. The third-order valence-electron chi connectivity index (χ3n) is 5.36. The summed E-state index contributed by atoms with van der Waals surface area (Å²) in [5, 5.41) is 0.857. The molecule has 2 aromatic carbocycles. The summed E-state index contributed by atoms with van der Waals surface area (Å²) in [6.07, 6.45) is 6.31. The van der Waals surface area contributed by atoms with Crippen molar-refractivity contribution in [3.63, 3.8) is 0 Å². The Hall–Kier alpha value is -2.39. The van der Waals surface area contributed by atoms with Crippen LogP contribution in [0.4, 0.5) is 5.69 Å². The molecule has 1 aliphatic rings. The van der Waals surface area contributed by atoms with Crippen LogP contribution < -0.4 is 10.3 Å². The molecule has 4 rings (SSSR count). The Morgan fingerprint density at radius 3 is 2.62 bits per heavy atom. The van der Waals surface area contributed by atoms with Crippen LogP contribution in [0.15, 0.2) is 65.5 Å². The van der Waals surface area contributed by atoms with Gasteiger partial charge < -0.3 is 4.90 Å². The van der Waals surface area contributed by atoms with Crippen LogP contribution in [-0.2, 0) is 6.42 Å². The number of nitrogens with zero attached hydrogens (tertiary/aromatic N) is 1. The molecule has 2 nitrogen and oxygen atoms in total. The van der Waals surface area contributed by atoms with E-state index in [4.69, 9.17) is 0 Å². The monoisotopic (exact) mass is 361 g/mol. The van der Waals surface area contributed by atoms with Gasteiger partial charge >= 0.3 is 0 Å². The highest BCUT2D eigenvalue weighted by molar-refractivity contribution is 7.19. The topological polar surface area (TPSA) is 20.3 Å². The lowest BCUT2D eigenvalue weighted by molar-refractivity contribution is 0.390. The molecule has 0 saturated carbocycles. The Labute approximate surface area is 158 Å². The zero-order valence-electron chi connectivity index (χ0n) is 15.2. The summed E-state index contributed by atoms with van der Waals surface area (Å²) in [5.74, 6) is 0. The normalized spacial score (nSPS) is 18.7. The molecular weight excluding hydrogens is 338 g/mol. The molecule has 0 spiro atoms. The van der Waals surface area contributed by atoms with Crippen molar-refractivity contribution in [3.05, 3.63) is 81.3 Å². The highest BCUT2D eigenvalue weighted by Gasteiger charge is 2.28. The van der Waals surface area contributed by atoms with E-state index >= 15 is 0 Å². The van der Waals surface area contributed by atoms with Gasteiger partial charge in [-0.05, 0) is 48.6 Å². The minimum absolute atomic E-state index is 0.0182. The van der Waals surface area contributed by atoms with E-state index < -0.39 is 0 Å². The van der Waals surface area contributed by atoms with Gasteiger partial charge in [0.2, 0.25) is 0 Å². The van der Waals surface area contributed by atoms with Crippen molar-refractivity contribution in [1.82, 2.24) is 0 Å². The molecule has 1 aromatic heterocycles. The van der Waals surface area contributed by atoms with Crippen LogP contribution in [0, 0.1) is 5.41 Å². The number of hydrogen-bond donors (Lipinski definition) is 0. The van der Waals surface area contributed by atoms with Crippen molar-refractivity contribution in [2.75, 3.05) is 18.5 Å². The maximum atomic E-state index is 13.0. The first-order chi connectivity index (χ1) is 12.6. The average molecular weight is 362 g/mol. The van der Waals surface area contributed by atoms with E-state index in [9.17, 15) is 4.79 Å². The summed E-state index contributed by atoms with van der Waals surface area (Å²) >= 11 is 1.73. The van der Waals surface area contributed by atoms with Crippen molar-refractivity contribution < 1.29 is 0 Å². The van der Waals surface area contributed by atoms with E-state index in [1.807, 2.05) is 30.3 Å². The summed E-state index contributed by atoms with van der Waals surface area (Å²) in [6.45, 7) is 3.23. The molecule has 0 N–H and O–H groups in total. The zero-order valence-corrected chi connectivity index (χ0v) is 16.1. The third kappa shape index (κ3) is 3.19. The van der Waals surface area contributed by atoms with Gasteiger partial charge in [-0.3, -0.25) is 4.79 Å². The van der Waals surface area contributed by atoms with Gasteiger partial charge in [0.15, 0.2) is 5.43 Å². The van der Waals surface area contributed by atoms with Gasteiger partial charge in [0.1, 0.15) is 0 Å². The minimum Gasteiger partial charge on any atom is -0.375 e. The fourth-order valence-electron chi connectivity index (χ4n) is 3.65. The first-order valence-corrected chi connectivity index (χ1v) is 9.88. The summed E-state index contributed by atoms with van der Waals surface area (Å²) in [6, 6.07) is 18.4. The molecule has 0 radical (unpaired) electrons. The first-order valence-electron chi connectivity index (χ1n) is 9.06. The van der Waals surface area contributed by atoms with Gasteiger partial charge in [0, 0.05) is 39.8 Å². The summed E-state index contributed by atoms with van der Waals surface area (Å²) in [5.41, 5.74) is 2.45. The van der Waals surface area contributed by atoms with Crippen LogP contribution in [0.3, 0.4) is 0 Å². The van der Waals surface area contributed by atoms with Crippen LogP contribution in [0.25, 0.3) is 16.2 Å². The number of fused-ring (bicyclic) bond motifs is 2. The molecule has 3 aromatic rings. The molecule has 0 saturated heterocycles. The summed E-state index contributed by atoms with van der Waals surface area (Å²) in [4.78, 5) is 16.4. The molecule has 132 valence electrons. The fourth-order valence-corrected chi connectivity index (χ4v) is 4.72. The quantitative estimate of drug-likeness (QED) is 0.623. The number of benzene rings is 2. The first kappa shape index (κ1) is 17.0. The standard InChI is InChI=1S/C23H23NOS/c1-23(14-15-24(2)17-8-4-3-5-9-17)13-12-21-19(16-23)22(25)18-10-6-7-11-20(18)26-21/h3-13H,14-16H2,1-2H3. The third-order valence-corrected chi connectivity index (χ3v) is 6.53. The zero-order chi connectivity index (χ0) is 18.1. The second-order valence-electron chi connectivity index (χ2n) is 7.44. The van der Waals surface area contributed by atoms with Gasteiger partial charge in [0.05, 0.1) is 0 Å². The van der Waals surface area contributed by atoms with E-state index in [2.05, 4.69) is 55.3 Å². The molecular formula is C23H23NOS. The smallest absolute Gasteiger partial charge is 0.191 e. The molecule has 0 fully saturated rings. The van der Waals surface area contributed by atoms with Gasteiger partial charge in [-0.25, -0.2) is 0 Å². The molecule has 26 heavy (non-hydrogen) atoms. The van der Waals surface area contributed by atoms with Gasteiger partial charge in [-0.2, -0.15) is 0 Å². The lowest BCUT2D eigenvalue weighted by Gasteiger charge is -2.32. The molecule has 1 unspecified atom stereocenters. The Balaban J connectivity index is 1.58. The van der Waals surface area contributed by atoms with E-state index in [0.717, 1.165) is 39.9 Å². The average Bonchev–Trinajstić information content (AvgIpc) is 2.68. The van der Waals surface area contributed by atoms with Crippen LogP contribution in [0.5, 0.6) is 0 Å². The van der Waals surface area contributed by atoms with E-state index in [0.29, 0.717) is 0 Å². The molecule has 1 heterocycles. The molecule has 0 bridgehead atoms. The molecule has 0 amide bonds. The van der Waals surface area contributed by atoms with Crippen LogP contribution in [0.1, 0.15) is 23.8 Å². The molecule has 0 aliphatic heterocycles. The number of anilines is 1. The summed E-state index contributed by atoms with van der Waals surface area (Å²) in [7, 11) is 2.13. The lowest BCUT2D eigenvalue weighted by atomic mass is 9.77. The predicted molar refractivity (Wildman–Crippen MR) is 113 cm³/mol. The van der Waals surface area contributed by atoms with Crippen LogP contribution in [0.2, 0.25) is 0 Å². The lowest BCUT2D eigenvalue weighted by Crippen LogP contribution is -2.30. The van der Waals surface area contributed by atoms with Gasteiger partial charge in [0.25, 0.3) is 0 Å². The predicted octanol–water partition coefficient (Wildman–Crippen LogP) is 5.36. The van der Waals surface area contributed by atoms with Crippen molar-refractivity contribution in [2.45, 2.75) is 19.8 Å². The molecule has 1 atom stereocenters. The Bertz CT molecular complexity index is 1020. The second kappa shape index (κ2) is 6.73. The molecule has 3 heteroatoms. The van der Waals surface area contributed by atoms with Crippen LogP contribution in [-0.4, -0.2) is 13.6 Å². The number of allylic oxidation sites excluding steroid dienone is 1. The highest BCUT2D eigenvalue weighted by atomic mass is 32.1. The van der Waals surface area contributed by atoms with Crippen molar-refractivity contribution in [3.8, 4) is 0 Å². The van der Waals surface area contributed by atoms with E-state index in [-0.39, 0.29) is 10.8 Å². The Morgan fingerprint density at radius 2 is 1.81 bits per heavy atom. The maximum Gasteiger partial charge on any atom is 0.191 e. The Morgan fingerprint density at radius 1 is 1.08 bits per heavy atom. The molecule has 1 aliphatic carbocycles. The second-order valence-corrected chi connectivity index (χ2v) is 8.53. The number of para-hydroxylation sites is 1. The van der Waals surface area contributed by atoms with Crippen molar-refractivity contribution in [2.24, 2.45) is 5.41 Å². The van der Waals surface area contributed by atoms with Crippen molar-refractivity contribution in [1.29, 1.82) is 0 Å².